The molecule has 1 aromatic heterocycles. The third-order valence-corrected chi connectivity index (χ3v) is 4.22. The van der Waals surface area contributed by atoms with Gasteiger partial charge in [-0.1, -0.05) is 0 Å². The molecule has 7 heteroatoms. The second kappa shape index (κ2) is 6.36. The molecular formula is C14H23F3N4. The second-order valence-corrected chi connectivity index (χ2v) is 5.82. The first-order chi connectivity index (χ1) is 9.76. The van der Waals surface area contributed by atoms with Crippen molar-refractivity contribution < 1.29 is 13.2 Å². The number of halogens is 3. The number of rotatable bonds is 4. The summed E-state index contributed by atoms with van der Waals surface area (Å²) in [6.45, 7) is 4.96. The summed E-state index contributed by atoms with van der Waals surface area (Å²) >= 11 is 0. The van der Waals surface area contributed by atoms with Crippen LogP contribution in [0.4, 0.5) is 13.2 Å². The first-order valence-electron chi connectivity index (χ1n) is 7.28. The third kappa shape index (κ3) is 4.44. The molecule has 0 aliphatic carbocycles. The number of hydrogen-bond donors (Lipinski definition) is 1. The largest absolute Gasteiger partial charge is 0.401 e. The highest BCUT2D eigenvalue weighted by Crippen LogP contribution is 2.20. The van der Waals surface area contributed by atoms with Crippen LogP contribution in [0.3, 0.4) is 0 Å². The number of aromatic nitrogens is 2. The highest BCUT2D eigenvalue weighted by molar-refractivity contribution is 5.24. The summed E-state index contributed by atoms with van der Waals surface area (Å²) in [4.78, 5) is 1.48. The number of nitrogens with one attached hydrogen (secondary N) is 1. The molecule has 1 aromatic rings. The Hall–Kier alpha value is -1.08. The summed E-state index contributed by atoms with van der Waals surface area (Å²) < 4.78 is 38.9. The molecule has 0 saturated carbocycles. The lowest BCUT2D eigenvalue weighted by atomic mass is 10.0. The van der Waals surface area contributed by atoms with Gasteiger partial charge in [-0.15, -0.1) is 0 Å². The summed E-state index contributed by atoms with van der Waals surface area (Å²) in [5, 5.41) is 7.83. The van der Waals surface area contributed by atoms with Crippen molar-refractivity contribution in [2.45, 2.75) is 45.5 Å². The molecule has 120 valence electrons. The molecule has 0 amide bonds. The van der Waals surface area contributed by atoms with Crippen molar-refractivity contribution in [2.75, 3.05) is 19.6 Å². The van der Waals surface area contributed by atoms with E-state index in [1.165, 1.54) is 10.5 Å². The van der Waals surface area contributed by atoms with Gasteiger partial charge in [-0.05, 0) is 39.8 Å². The zero-order valence-electron chi connectivity index (χ0n) is 12.8. The van der Waals surface area contributed by atoms with Crippen LogP contribution in [-0.2, 0) is 13.6 Å². The highest BCUT2D eigenvalue weighted by Gasteiger charge is 2.32. The van der Waals surface area contributed by atoms with Gasteiger partial charge in [-0.2, -0.15) is 18.3 Å². The molecule has 1 fully saturated rings. The van der Waals surface area contributed by atoms with E-state index in [-0.39, 0.29) is 6.04 Å². The Balaban J connectivity index is 1.79. The predicted molar refractivity (Wildman–Crippen MR) is 75.0 cm³/mol. The van der Waals surface area contributed by atoms with Gasteiger partial charge in [0.15, 0.2) is 0 Å². The standard InChI is InChI=1S/C14H23F3N4/c1-10-13(11(2)20(3)19-10)8-18-12-4-6-21(7-5-12)9-14(15,16)17/h12,18H,4-9H2,1-3H3. The summed E-state index contributed by atoms with van der Waals surface area (Å²) in [5.74, 6) is 0. The van der Waals surface area contributed by atoms with Gasteiger partial charge in [0.2, 0.25) is 0 Å². The van der Waals surface area contributed by atoms with E-state index in [2.05, 4.69) is 10.4 Å². The third-order valence-electron chi connectivity index (χ3n) is 4.22. The number of hydrogen-bond acceptors (Lipinski definition) is 3. The Morgan fingerprint density at radius 1 is 1.24 bits per heavy atom. The summed E-state index contributed by atoms with van der Waals surface area (Å²) in [7, 11) is 1.92. The monoisotopic (exact) mass is 304 g/mol. The minimum atomic E-state index is -4.09. The molecule has 21 heavy (non-hydrogen) atoms. The van der Waals surface area contributed by atoms with Crippen molar-refractivity contribution in [3.8, 4) is 0 Å². The number of likely N-dealkylation sites (tertiary alicyclic amines) is 1. The molecule has 1 aliphatic heterocycles. The van der Waals surface area contributed by atoms with Crippen LogP contribution in [0.2, 0.25) is 0 Å². The SMILES string of the molecule is Cc1nn(C)c(C)c1CNC1CCN(CC(F)(F)F)CC1. The van der Waals surface area contributed by atoms with Gasteiger partial charge in [-0.3, -0.25) is 9.58 Å². The Morgan fingerprint density at radius 3 is 2.33 bits per heavy atom. The van der Waals surface area contributed by atoms with E-state index in [1.54, 1.807) is 0 Å². The molecule has 4 nitrogen and oxygen atoms in total. The lowest BCUT2D eigenvalue weighted by Gasteiger charge is -2.32. The Kier molecular flexibility index (Phi) is 4.93. The number of nitrogens with zero attached hydrogens (tertiary/aromatic N) is 3. The van der Waals surface area contributed by atoms with Crippen LogP contribution in [0.5, 0.6) is 0 Å². The van der Waals surface area contributed by atoms with Crippen LogP contribution in [0, 0.1) is 13.8 Å². The van der Waals surface area contributed by atoms with Crippen molar-refractivity contribution in [1.82, 2.24) is 20.0 Å². The molecule has 1 saturated heterocycles. The number of aryl methyl sites for hydroxylation is 2. The fraction of sp³-hybridized carbons (Fsp3) is 0.786. The van der Waals surface area contributed by atoms with E-state index in [9.17, 15) is 13.2 Å². The number of alkyl halides is 3. The van der Waals surface area contributed by atoms with E-state index >= 15 is 0 Å². The Labute approximate surface area is 123 Å². The minimum absolute atomic E-state index is 0.286. The van der Waals surface area contributed by atoms with Crippen molar-refractivity contribution in [1.29, 1.82) is 0 Å². The van der Waals surface area contributed by atoms with Crippen molar-refractivity contribution >= 4 is 0 Å². The molecule has 2 heterocycles. The van der Waals surface area contributed by atoms with Crippen LogP contribution in [0.25, 0.3) is 0 Å². The average Bonchev–Trinajstić information content (AvgIpc) is 2.61. The molecule has 1 N–H and O–H groups in total. The summed E-state index contributed by atoms with van der Waals surface area (Å²) in [5.41, 5.74) is 3.33. The molecule has 0 radical (unpaired) electrons. The Morgan fingerprint density at radius 2 is 1.86 bits per heavy atom. The highest BCUT2D eigenvalue weighted by atomic mass is 19.4. The smallest absolute Gasteiger partial charge is 0.310 e. The predicted octanol–water partition coefficient (Wildman–Crippen LogP) is 2.15. The zero-order chi connectivity index (χ0) is 15.6. The van der Waals surface area contributed by atoms with E-state index in [4.69, 9.17) is 0 Å². The van der Waals surface area contributed by atoms with Gasteiger partial charge in [0.1, 0.15) is 0 Å². The molecule has 0 bridgehead atoms. The summed E-state index contributed by atoms with van der Waals surface area (Å²) in [6, 6.07) is 0.286. The fourth-order valence-corrected chi connectivity index (χ4v) is 2.87. The van der Waals surface area contributed by atoms with Gasteiger partial charge < -0.3 is 5.32 Å². The van der Waals surface area contributed by atoms with Crippen LogP contribution in [0.1, 0.15) is 29.8 Å². The molecule has 0 aromatic carbocycles. The van der Waals surface area contributed by atoms with Gasteiger partial charge in [0.25, 0.3) is 0 Å². The van der Waals surface area contributed by atoms with Crippen molar-refractivity contribution in [2.24, 2.45) is 7.05 Å². The average molecular weight is 304 g/mol. The lowest BCUT2D eigenvalue weighted by Crippen LogP contribution is -2.45. The van der Waals surface area contributed by atoms with Gasteiger partial charge in [0.05, 0.1) is 12.2 Å². The maximum absolute atomic E-state index is 12.3. The van der Waals surface area contributed by atoms with Crippen LogP contribution in [-0.4, -0.2) is 46.5 Å². The Bertz CT molecular complexity index is 473. The van der Waals surface area contributed by atoms with Crippen LogP contribution >= 0.6 is 0 Å². The topological polar surface area (TPSA) is 33.1 Å². The first kappa shape index (κ1) is 16.3. The van der Waals surface area contributed by atoms with Crippen LogP contribution in [0.15, 0.2) is 0 Å². The maximum atomic E-state index is 12.3. The molecule has 0 unspecified atom stereocenters. The molecule has 1 aliphatic rings. The summed E-state index contributed by atoms with van der Waals surface area (Å²) in [6.07, 6.45) is -2.58. The van der Waals surface area contributed by atoms with Crippen molar-refractivity contribution in [3.05, 3.63) is 17.0 Å². The minimum Gasteiger partial charge on any atom is -0.310 e. The van der Waals surface area contributed by atoms with Crippen LogP contribution < -0.4 is 5.32 Å². The van der Waals surface area contributed by atoms with E-state index < -0.39 is 12.7 Å². The molecule has 0 spiro atoms. The normalized spacial score (nSPS) is 18.4. The van der Waals surface area contributed by atoms with Crippen molar-refractivity contribution in [3.63, 3.8) is 0 Å². The molecule has 0 atom stereocenters. The number of piperidine rings is 1. The van der Waals surface area contributed by atoms with E-state index in [1.807, 2.05) is 25.6 Å². The molecular weight excluding hydrogens is 281 g/mol. The van der Waals surface area contributed by atoms with Gasteiger partial charge in [-0.25, -0.2) is 0 Å². The molecule has 2 rings (SSSR count). The maximum Gasteiger partial charge on any atom is 0.401 e. The van der Waals surface area contributed by atoms with E-state index in [0.29, 0.717) is 13.1 Å². The van der Waals surface area contributed by atoms with E-state index in [0.717, 1.165) is 30.8 Å². The van der Waals surface area contributed by atoms with Gasteiger partial charge >= 0.3 is 6.18 Å². The second-order valence-electron chi connectivity index (χ2n) is 5.82. The quantitative estimate of drug-likeness (QED) is 0.925. The van der Waals surface area contributed by atoms with Gasteiger partial charge in [0, 0.05) is 30.9 Å². The zero-order valence-corrected chi connectivity index (χ0v) is 12.8. The lowest BCUT2D eigenvalue weighted by molar-refractivity contribution is -0.148. The first-order valence-corrected chi connectivity index (χ1v) is 7.28. The fourth-order valence-electron chi connectivity index (χ4n) is 2.87.